The molecule has 8 nitrogen and oxygen atoms in total. The molecule has 1 fully saturated rings. The van der Waals surface area contributed by atoms with E-state index in [1.807, 2.05) is 30.6 Å². The monoisotopic (exact) mass is 451 g/mol. The fourth-order valence-electron chi connectivity index (χ4n) is 4.50. The van der Waals surface area contributed by atoms with Crippen LogP contribution in [0.4, 0.5) is 5.82 Å². The molecule has 5 heterocycles. The second-order valence-electron chi connectivity index (χ2n) is 8.53. The van der Waals surface area contributed by atoms with E-state index in [0.29, 0.717) is 19.2 Å². The zero-order valence-corrected chi connectivity index (χ0v) is 19.2. The Kier molecular flexibility index (Phi) is 5.07. The number of nitrogens with zero attached hydrogens (tertiary/aromatic N) is 7. The van der Waals surface area contributed by atoms with Crippen molar-refractivity contribution in [1.29, 1.82) is 0 Å². The summed E-state index contributed by atoms with van der Waals surface area (Å²) in [6.07, 6.45) is 5.58. The maximum atomic E-state index is 5.60. The molecule has 0 saturated carbocycles. The van der Waals surface area contributed by atoms with Crippen LogP contribution in [-0.4, -0.2) is 55.6 Å². The van der Waals surface area contributed by atoms with Crippen LogP contribution >= 0.6 is 0 Å². The lowest BCUT2D eigenvalue weighted by molar-refractivity contribution is 0.122. The molecular formula is C26H25N7O. The van der Waals surface area contributed by atoms with Crippen LogP contribution in [0, 0.1) is 6.92 Å². The highest BCUT2D eigenvalue weighted by Crippen LogP contribution is 2.32. The van der Waals surface area contributed by atoms with Gasteiger partial charge in [0.05, 0.1) is 30.1 Å². The molecule has 0 radical (unpaired) electrons. The van der Waals surface area contributed by atoms with Crippen molar-refractivity contribution in [2.75, 3.05) is 31.2 Å². The van der Waals surface area contributed by atoms with Gasteiger partial charge in [0, 0.05) is 49.9 Å². The molecule has 8 heteroatoms. The lowest BCUT2D eigenvalue weighted by atomic mass is 10.1. The number of benzene rings is 1. The molecule has 1 saturated heterocycles. The maximum absolute atomic E-state index is 5.60. The second-order valence-corrected chi connectivity index (χ2v) is 8.53. The van der Waals surface area contributed by atoms with Crippen molar-refractivity contribution in [2.24, 2.45) is 7.05 Å². The fraction of sp³-hybridized carbons (Fsp3) is 0.231. The van der Waals surface area contributed by atoms with Crippen molar-refractivity contribution in [2.45, 2.75) is 6.92 Å². The minimum Gasteiger partial charge on any atom is -0.378 e. The van der Waals surface area contributed by atoms with Crippen molar-refractivity contribution in [3.8, 4) is 28.5 Å². The van der Waals surface area contributed by atoms with Crippen LogP contribution in [0.1, 0.15) is 5.56 Å². The number of pyridine rings is 1. The Morgan fingerprint density at radius 2 is 1.79 bits per heavy atom. The first kappa shape index (κ1) is 20.6. The highest BCUT2D eigenvalue weighted by molar-refractivity contribution is 5.92. The molecule has 170 valence electrons. The van der Waals surface area contributed by atoms with Crippen molar-refractivity contribution in [3.05, 3.63) is 72.7 Å². The average Bonchev–Trinajstić information content (AvgIpc) is 3.50. The van der Waals surface area contributed by atoms with Crippen LogP contribution in [0.3, 0.4) is 0 Å². The summed E-state index contributed by atoms with van der Waals surface area (Å²) in [6, 6.07) is 16.5. The third-order valence-corrected chi connectivity index (χ3v) is 6.23. The summed E-state index contributed by atoms with van der Waals surface area (Å²) in [4.78, 5) is 16.5. The van der Waals surface area contributed by atoms with Crippen molar-refractivity contribution in [3.63, 3.8) is 0 Å². The lowest BCUT2D eigenvalue weighted by Crippen LogP contribution is -2.37. The minimum absolute atomic E-state index is 0.552. The van der Waals surface area contributed by atoms with E-state index in [1.165, 1.54) is 5.56 Å². The van der Waals surface area contributed by atoms with Crippen molar-refractivity contribution >= 4 is 16.9 Å². The summed E-state index contributed by atoms with van der Waals surface area (Å²) in [5.74, 6) is 1.45. The smallest absolute Gasteiger partial charge is 0.253 e. The van der Waals surface area contributed by atoms with Gasteiger partial charge < -0.3 is 14.2 Å². The number of aryl methyl sites for hydroxylation is 2. The largest absolute Gasteiger partial charge is 0.378 e. The molecule has 0 unspecified atom stereocenters. The maximum Gasteiger partial charge on any atom is 0.253 e. The molecule has 1 aliphatic rings. The number of fused-ring (bicyclic) bond motifs is 1. The zero-order chi connectivity index (χ0) is 23.1. The summed E-state index contributed by atoms with van der Waals surface area (Å²) in [5.41, 5.74) is 7.13. The second kappa shape index (κ2) is 8.39. The Balaban J connectivity index is 1.50. The van der Waals surface area contributed by atoms with E-state index >= 15 is 0 Å². The Morgan fingerprint density at radius 1 is 0.941 bits per heavy atom. The lowest BCUT2D eigenvalue weighted by Gasteiger charge is -2.28. The highest BCUT2D eigenvalue weighted by Gasteiger charge is 2.22. The van der Waals surface area contributed by atoms with Gasteiger partial charge in [-0.2, -0.15) is 10.1 Å². The molecule has 1 aliphatic heterocycles. The summed E-state index contributed by atoms with van der Waals surface area (Å²) < 4.78 is 9.51. The molecule has 0 N–H and O–H groups in total. The average molecular weight is 452 g/mol. The van der Waals surface area contributed by atoms with E-state index in [9.17, 15) is 0 Å². The molecule has 34 heavy (non-hydrogen) atoms. The summed E-state index contributed by atoms with van der Waals surface area (Å²) in [5, 5.41) is 4.80. The molecule has 0 aliphatic carbocycles. The van der Waals surface area contributed by atoms with Gasteiger partial charge in [-0.1, -0.05) is 23.8 Å². The third kappa shape index (κ3) is 3.62. The number of anilines is 1. The van der Waals surface area contributed by atoms with Crippen LogP contribution in [0.25, 0.3) is 39.5 Å². The van der Waals surface area contributed by atoms with Gasteiger partial charge in [0.2, 0.25) is 0 Å². The van der Waals surface area contributed by atoms with Gasteiger partial charge in [0.15, 0.2) is 5.82 Å². The van der Waals surface area contributed by atoms with Gasteiger partial charge in [-0.15, -0.1) is 0 Å². The Hall–Kier alpha value is -4.04. The number of hydrogen-bond acceptors (Lipinski definition) is 6. The first-order valence-electron chi connectivity index (χ1n) is 11.4. The molecule has 0 spiro atoms. The van der Waals surface area contributed by atoms with E-state index in [2.05, 4.69) is 58.8 Å². The van der Waals surface area contributed by atoms with Crippen LogP contribution < -0.4 is 4.90 Å². The zero-order valence-electron chi connectivity index (χ0n) is 19.2. The van der Waals surface area contributed by atoms with Crippen LogP contribution in [0.5, 0.6) is 0 Å². The van der Waals surface area contributed by atoms with Crippen molar-refractivity contribution < 1.29 is 4.74 Å². The Bertz CT molecular complexity index is 1470. The topological polar surface area (TPSA) is 73.9 Å². The van der Waals surface area contributed by atoms with Crippen LogP contribution in [-0.2, 0) is 11.8 Å². The summed E-state index contributed by atoms with van der Waals surface area (Å²) in [7, 11) is 2.06. The molecule has 0 atom stereocenters. The molecule has 0 amide bonds. The van der Waals surface area contributed by atoms with Gasteiger partial charge >= 0.3 is 0 Å². The van der Waals surface area contributed by atoms with Crippen molar-refractivity contribution in [1.82, 2.24) is 29.3 Å². The molecule has 0 bridgehead atoms. The number of aromatic nitrogens is 6. The van der Waals surface area contributed by atoms with Gasteiger partial charge in [-0.3, -0.25) is 4.98 Å². The first-order valence-corrected chi connectivity index (χ1v) is 11.4. The predicted octanol–water partition coefficient (Wildman–Crippen LogP) is 4.03. The Morgan fingerprint density at radius 3 is 2.59 bits per heavy atom. The SMILES string of the molecule is Cc1cccc(-c2ccn(-c3nc(N4CCOCC4)c4c(cc(-c5cccnc5)n4C)n3)n2)c1. The summed E-state index contributed by atoms with van der Waals surface area (Å²) in [6.45, 7) is 5.01. The highest BCUT2D eigenvalue weighted by atomic mass is 16.5. The molecular weight excluding hydrogens is 426 g/mol. The third-order valence-electron chi connectivity index (χ3n) is 6.23. The van der Waals surface area contributed by atoms with E-state index in [4.69, 9.17) is 19.8 Å². The number of hydrogen-bond donors (Lipinski definition) is 0. The van der Waals surface area contributed by atoms with E-state index in [1.54, 1.807) is 10.9 Å². The number of rotatable bonds is 4. The van der Waals surface area contributed by atoms with E-state index in [-0.39, 0.29) is 0 Å². The van der Waals surface area contributed by atoms with E-state index in [0.717, 1.165) is 52.5 Å². The van der Waals surface area contributed by atoms with Gasteiger partial charge in [0.1, 0.15) is 5.52 Å². The molecule has 6 rings (SSSR count). The standard InChI is InChI=1S/C26H25N7O/c1-18-5-3-6-19(15-18)21-8-10-33(30-21)26-28-22-16-23(20-7-4-9-27-17-20)31(2)24(22)25(29-26)32-11-13-34-14-12-32/h3-10,15-17H,11-14H2,1-2H3. The summed E-state index contributed by atoms with van der Waals surface area (Å²) >= 11 is 0. The van der Waals surface area contributed by atoms with Gasteiger partial charge in [-0.25, -0.2) is 9.67 Å². The quantitative estimate of drug-likeness (QED) is 0.411. The molecule has 5 aromatic rings. The fourth-order valence-corrected chi connectivity index (χ4v) is 4.50. The van der Waals surface area contributed by atoms with Crippen LogP contribution in [0.2, 0.25) is 0 Å². The van der Waals surface area contributed by atoms with Gasteiger partial charge in [-0.05, 0) is 37.3 Å². The molecule has 4 aromatic heterocycles. The first-order chi connectivity index (χ1) is 16.7. The Labute approximate surface area is 197 Å². The van der Waals surface area contributed by atoms with Gasteiger partial charge in [0.25, 0.3) is 5.95 Å². The van der Waals surface area contributed by atoms with Crippen LogP contribution in [0.15, 0.2) is 67.1 Å². The molecule has 1 aromatic carbocycles. The number of morpholine rings is 1. The normalized spacial score (nSPS) is 14.1. The number of ether oxygens (including phenoxy) is 1. The minimum atomic E-state index is 0.552. The van der Waals surface area contributed by atoms with E-state index < -0.39 is 0 Å². The predicted molar refractivity (Wildman–Crippen MR) is 132 cm³/mol.